The normalized spacial score (nSPS) is 22.4. The van der Waals surface area contributed by atoms with Crippen molar-refractivity contribution in [2.45, 2.75) is 10.8 Å². The number of carbonyl (C=O) groups excluding carboxylic acids is 1. The summed E-state index contributed by atoms with van der Waals surface area (Å²) in [5, 5.41) is 0. The summed E-state index contributed by atoms with van der Waals surface area (Å²) in [6, 6.07) is 7.94. The fraction of sp³-hybridized carbons (Fsp3) is 0.333. The predicted molar refractivity (Wildman–Crippen MR) is 73.9 cm³/mol. The zero-order chi connectivity index (χ0) is 12.9. The summed E-state index contributed by atoms with van der Waals surface area (Å²) in [7, 11) is 1.90. The number of fused-ring (bicyclic) bond motifs is 1. The number of amides is 1. The molecule has 1 aliphatic carbocycles. The highest BCUT2D eigenvalue weighted by molar-refractivity contribution is 7.16. The van der Waals surface area contributed by atoms with Gasteiger partial charge in [-0.2, -0.15) is 4.99 Å². The highest BCUT2D eigenvalue weighted by Gasteiger charge is 2.56. The van der Waals surface area contributed by atoms with Crippen LogP contribution in [0.2, 0.25) is 0 Å². The first-order chi connectivity index (χ1) is 8.49. The Hall–Kier alpha value is -0.840. The Morgan fingerprint density at radius 2 is 2.17 bits per heavy atom. The van der Waals surface area contributed by atoms with Gasteiger partial charge >= 0.3 is 0 Å². The summed E-state index contributed by atoms with van der Waals surface area (Å²) in [4.78, 5) is 16.7. The minimum Gasteiger partial charge on any atom is -0.319 e. The Bertz CT molecular complexity index is 701. The van der Waals surface area contributed by atoms with Crippen LogP contribution in [0.15, 0.2) is 29.3 Å². The first kappa shape index (κ1) is 12.2. The van der Waals surface area contributed by atoms with Crippen LogP contribution in [0.25, 0.3) is 10.2 Å². The van der Waals surface area contributed by atoms with Gasteiger partial charge in [0.2, 0.25) is 0 Å². The second-order valence-corrected chi connectivity index (χ2v) is 6.93. The molecule has 1 aliphatic rings. The Morgan fingerprint density at radius 3 is 2.78 bits per heavy atom. The number of alkyl halides is 2. The van der Waals surface area contributed by atoms with Gasteiger partial charge in [0.05, 0.1) is 16.1 Å². The molecule has 0 N–H and O–H groups in total. The van der Waals surface area contributed by atoms with E-state index in [1.165, 1.54) is 11.3 Å². The first-order valence-corrected chi connectivity index (χ1v) is 7.07. The van der Waals surface area contributed by atoms with Gasteiger partial charge in [-0.25, -0.2) is 0 Å². The molecule has 2 aromatic rings. The van der Waals surface area contributed by atoms with Crippen LogP contribution in [-0.4, -0.2) is 14.8 Å². The number of hydrogen-bond acceptors (Lipinski definition) is 2. The summed E-state index contributed by atoms with van der Waals surface area (Å²) in [5.74, 6) is -0.590. The number of benzene rings is 1. The molecule has 1 atom stereocenters. The molecule has 0 spiro atoms. The molecule has 3 nitrogen and oxygen atoms in total. The molecule has 1 saturated carbocycles. The van der Waals surface area contributed by atoms with Crippen LogP contribution in [0.5, 0.6) is 0 Å². The third kappa shape index (κ3) is 1.98. The molecular weight excluding hydrogens is 291 g/mol. The number of nitrogens with zero attached hydrogens (tertiary/aromatic N) is 2. The van der Waals surface area contributed by atoms with E-state index < -0.39 is 4.33 Å². The van der Waals surface area contributed by atoms with Crippen LogP contribution < -0.4 is 4.80 Å². The van der Waals surface area contributed by atoms with Crippen molar-refractivity contribution in [2.75, 3.05) is 0 Å². The largest absolute Gasteiger partial charge is 0.319 e. The number of hydrogen-bond donors (Lipinski definition) is 0. The average molecular weight is 301 g/mol. The van der Waals surface area contributed by atoms with Crippen molar-refractivity contribution in [3.05, 3.63) is 29.1 Å². The van der Waals surface area contributed by atoms with Gasteiger partial charge in [0, 0.05) is 7.05 Å². The summed E-state index contributed by atoms with van der Waals surface area (Å²) < 4.78 is 2.10. The SMILES string of the molecule is Cn1c(=NC(=O)[C@H]2CC2(Cl)Cl)sc2ccccc21. The van der Waals surface area contributed by atoms with E-state index in [1.54, 1.807) is 0 Å². The van der Waals surface area contributed by atoms with Crippen molar-refractivity contribution in [1.82, 2.24) is 4.57 Å². The molecule has 6 heteroatoms. The van der Waals surface area contributed by atoms with Crippen molar-refractivity contribution in [1.29, 1.82) is 0 Å². The molecule has 1 aromatic heterocycles. The molecule has 0 radical (unpaired) electrons. The van der Waals surface area contributed by atoms with E-state index in [0.717, 1.165) is 10.2 Å². The third-order valence-corrected chi connectivity index (χ3v) is 4.99. The van der Waals surface area contributed by atoms with E-state index in [1.807, 2.05) is 35.9 Å². The number of para-hydroxylation sites is 1. The van der Waals surface area contributed by atoms with Crippen LogP contribution in [0, 0.1) is 5.92 Å². The van der Waals surface area contributed by atoms with E-state index >= 15 is 0 Å². The Labute approximate surface area is 118 Å². The molecule has 0 bridgehead atoms. The van der Waals surface area contributed by atoms with Gasteiger partial charge in [0.25, 0.3) is 5.91 Å². The Morgan fingerprint density at radius 1 is 1.50 bits per heavy atom. The van der Waals surface area contributed by atoms with E-state index in [-0.39, 0.29) is 11.8 Å². The van der Waals surface area contributed by atoms with Crippen molar-refractivity contribution < 1.29 is 4.79 Å². The number of rotatable bonds is 1. The molecule has 0 unspecified atom stereocenters. The summed E-state index contributed by atoms with van der Waals surface area (Å²) in [6.07, 6.45) is 0.493. The molecule has 94 valence electrons. The summed E-state index contributed by atoms with van der Waals surface area (Å²) in [6.45, 7) is 0. The molecular formula is C12H10Cl2N2OS. The van der Waals surface area contributed by atoms with Gasteiger partial charge in [0.15, 0.2) is 4.80 Å². The molecule has 0 saturated heterocycles. The zero-order valence-corrected chi connectivity index (χ0v) is 11.9. The van der Waals surface area contributed by atoms with Gasteiger partial charge in [-0.1, -0.05) is 23.5 Å². The van der Waals surface area contributed by atoms with E-state index in [0.29, 0.717) is 11.2 Å². The summed E-state index contributed by atoms with van der Waals surface area (Å²) in [5.41, 5.74) is 1.06. The van der Waals surface area contributed by atoms with Gasteiger partial charge < -0.3 is 4.57 Å². The van der Waals surface area contributed by atoms with Crippen LogP contribution in [0.3, 0.4) is 0 Å². The lowest BCUT2D eigenvalue weighted by Crippen LogP contribution is -2.15. The van der Waals surface area contributed by atoms with Crippen molar-refractivity contribution >= 4 is 50.7 Å². The molecule has 3 rings (SSSR count). The minimum absolute atomic E-state index is 0.234. The lowest BCUT2D eigenvalue weighted by molar-refractivity contribution is -0.119. The third-order valence-electron chi connectivity index (χ3n) is 3.04. The maximum absolute atomic E-state index is 11.9. The molecule has 0 aliphatic heterocycles. The second-order valence-electron chi connectivity index (χ2n) is 4.38. The maximum Gasteiger partial charge on any atom is 0.254 e. The second kappa shape index (κ2) is 4.08. The summed E-state index contributed by atoms with van der Waals surface area (Å²) >= 11 is 13.2. The maximum atomic E-state index is 11.9. The van der Waals surface area contributed by atoms with Crippen LogP contribution in [-0.2, 0) is 11.8 Å². The van der Waals surface area contributed by atoms with Crippen molar-refractivity contribution in [3.8, 4) is 0 Å². The van der Waals surface area contributed by atoms with Gasteiger partial charge in [-0.3, -0.25) is 4.79 Å². The fourth-order valence-electron chi connectivity index (χ4n) is 1.84. The quantitative estimate of drug-likeness (QED) is 0.746. The van der Waals surface area contributed by atoms with Crippen molar-refractivity contribution in [2.24, 2.45) is 18.0 Å². The predicted octanol–water partition coefficient (Wildman–Crippen LogP) is 2.86. The van der Waals surface area contributed by atoms with E-state index in [2.05, 4.69) is 4.99 Å². The van der Waals surface area contributed by atoms with Crippen LogP contribution in [0.4, 0.5) is 0 Å². The molecule has 1 amide bonds. The lowest BCUT2D eigenvalue weighted by Gasteiger charge is -1.95. The topological polar surface area (TPSA) is 34.4 Å². The van der Waals surface area contributed by atoms with Gasteiger partial charge in [0.1, 0.15) is 4.33 Å². The van der Waals surface area contributed by atoms with E-state index in [4.69, 9.17) is 23.2 Å². The smallest absolute Gasteiger partial charge is 0.254 e. The van der Waals surface area contributed by atoms with Crippen LogP contribution in [0.1, 0.15) is 6.42 Å². The molecule has 1 fully saturated rings. The highest BCUT2D eigenvalue weighted by atomic mass is 35.5. The van der Waals surface area contributed by atoms with Gasteiger partial charge in [-0.15, -0.1) is 23.2 Å². The first-order valence-electron chi connectivity index (χ1n) is 5.50. The molecule has 18 heavy (non-hydrogen) atoms. The lowest BCUT2D eigenvalue weighted by atomic mass is 10.3. The standard InChI is InChI=1S/C12H10Cl2N2OS/c1-16-8-4-2-3-5-9(8)18-11(16)15-10(17)7-6-12(7,13)14/h2-5,7H,6H2,1H3/t7-/m1/s1. The average Bonchev–Trinajstić information content (AvgIpc) is 2.86. The number of carbonyl (C=O) groups is 1. The van der Waals surface area contributed by atoms with Gasteiger partial charge in [-0.05, 0) is 18.6 Å². The molecule has 1 aromatic carbocycles. The minimum atomic E-state index is -0.907. The number of aromatic nitrogens is 1. The Balaban J connectivity index is 2.04. The van der Waals surface area contributed by atoms with Crippen LogP contribution >= 0.6 is 34.5 Å². The number of halogens is 2. The molecule has 1 heterocycles. The van der Waals surface area contributed by atoms with E-state index in [9.17, 15) is 4.79 Å². The monoisotopic (exact) mass is 300 g/mol. The highest BCUT2D eigenvalue weighted by Crippen LogP contribution is 2.53. The fourth-order valence-corrected chi connectivity index (χ4v) is 3.36. The van der Waals surface area contributed by atoms with Crippen molar-refractivity contribution in [3.63, 3.8) is 0 Å². The zero-order valence-electron chi connectivity index (χ0n) is 9.56. The number of aryl methyl sites for hydroxylation is 1. The number of thiazole rings is 1. The Kier molecular flexibility index (Phi) is 2.77.